The molecule has 9 nitrogen and oxygen atoms in total. The van der Waals surface area contributed by atoms with E-state index in [1.807, 2.05) is 13.8 Å². The fraction of sp³-hybridized carbons (Fsp3) is 0.562. The van der Waals surface area contributed by atoms with Crippen molar-refractivity contribution in [2.24, 2.45) is 7.05 Å². The lowest BCUT2D eigenvalue weighted by Gasteiger charge is -2.33. The lowest BCUT2D eigenvalue weighted by Crippen LogP contribution is -2.48. The minimum atomic E-state index is -0.235. The summed E-state index contributed by atoms with van der Waals surface area (Å²) in [5, 5.41) is 7.99. The zero-order chi connectivity index (χ0) is 18.0. The Hall–Kier alpha value is -2.55. The van der Waals surface area contributed by atoms with Crippen LogP contribution in [0.3, 0.4) is 0 Å². The lowest BCUT2D eigenvalue weighted by atomic mass is 10.2. The summed E-state index contributed by atoms with van der Waals surface area (Å²) >= 11 is 0. The van der Waals surface area contributed by atoms with Gasteiger partial charge in [0.1, 0.15) is 5.69 Å². The summed E-state index contributed by atoms with van der Waals surface area (Å²) in [6, 6.07) is 2.83. The fourth-order valence-corrected chi connectivity index (χ4v) is 2.65. The number of hydrogen-bond donors (Lipinski definition) is 0. The number of aryl methyl sites for hydroxylation is 1. The van der Waals surface area contributed by atoms with E-state index in [4.69, 9.17) is 4.52 Å². The summed E-state index contributed by atoms with van der Waals surface area (Å²) in [7, 11) is 1.53. The van der Waals surface area contributed by atoms with Gasteiger partial charge in [0.25, 0.3) is 11.5 Å². The van der Waals surface area contributed by atoms with Crippen molar-refractivity contribution in [2.45, 2.75) is 26.3 Å². The second-order valence-electron chi connectivity index (χ2n) is 6.45. The number of piperazine rings is 1. The fourth-order valence-electron chi connectivity index (χ4n) is 2.65. The number of hydrogen-bond acceptors (Lipinski definition) is 7. The van der Waals surface area contributed by atoms with E-state index < -0.39 is 0 Å². The third-order valence-corrected chi connectivity index (χ3v) is 4.20. The average molecular weight is 346 g/mol. The third-order valence-electron chi connectivity index (χ3n) is 4.20. The molecule has 1 saturated heterocycles. The topological polar surface area (TPSA) is 97.4 Å². The molecule has 2 aromatic rings. The molecule has 0 atom stereocenters. The summed E-state index contributed by atoms with van der Waals surface area (Å²) < 4.78 is 6.44. The number of amides is 1. The predicted molar refractivity (Wildman–Crippen MR) is 89.0 cm³/mol. The standard InChI is InChI=1S/C16H22N6O3/c1-11(2)15-17-13(25-19-15)10-21-6-8-22(9-7-21)16(24)12-4-5-14(23)20(3)18-12/h4-5,11H,6-10H2,1-3H3. The van der Waals surface area contributed by atoms with Crippen molar-refractivity contribution < 1.29 is 9.32 Å². The summed E-state index contributed by atoms with van der Waals surface area (Å²) in [5.41, 5.74) is 0.0516. The first-order valence-electron chi connectivity index (χ1n) is 8.32. The molecule has 1 amide bonds. The molecular formula is C16H22N6O3. The predicted octanol–water partition coefficient (Wildman–Crippen LogP) is 0.245. The molecule has 0 radical (unpaired) electrons. The van der Waals surface area contributed by atoms with Crippen LogP contribution in [0.4, 0.5) is 0 Å². The van der Waals surface area contributed by atoms with E-state index in [0.717, 1.165) is 13.1 Å². The smallest absolute Gasteiger partial charge is 0.274 e. The molecule has 25 heavy (non-hydrogen) atoms. The van der Waals surface area contributed by atoms with Crippen molar-refractivity contribution in [3.63, 3.8) is 0 Å². The molecule has 0 unspecified atom stereocenters. The number of nitrogens with zero attached hydrogens (tertiary/aromatic N) is 6. The van der Waals surface area contributed by atoms with E-state index in [1.165, 1.54) is 23.9 Å². The second kappa shape index (κ2) is 7.14. The molecule has 0 spiro atoms. The van der Waals surface area contributed by atoms with Gasteiger partial charge in [0.05, 0.1) is 6.54 Å². The SMILES string of the molecule is CC(C)c1noc(CN2CCN(C(=O)c3ccc(=O)n(C)n3)CC2)n1. The first-order valence-corrected chi connectivity index (χ1v) is 8.32. The van der Waals surface area contributed by atoms with Gasteiger partial charge in [0, 0.05) is 45.2 Å². The van der Waals surface area contributed by atoms with E-state index >= 15 is 0 Å². The molecule has 1 aliphatic rings. The normalized spacial score (nSPS) is 15.8. The van der Waals surface area contributed by atoms with Crippen molar-refractivity contribution in [1.29, 1.82) is 0 Å². The lowest BCUT2D eigenvalue weighted by molar-refractivity contribution is 0.0607. The number of carbonyl (C=O) groups is 1. The maximum atomic E-state index is 12.5. The van der Waals surface area contributed by atoms with Crippen LogP contribution in [0.5, 0.6) is 0 Å². The van der Waals surface area contributed by atoms with Crippen LogP contribution in [-0.4, -0.2) is 61.8 Å². The van der Waals surface area contributed by atoms with Crippen molar-refractivity contribution >= 4 is 5.91 Å². The number of carbonyl (C=O) groups excluding carboxylic acids is 1. The Bertz CT molecular complexity index is 804. The highest BCUT2D eigenvalue weighted by atomic mass is 16.5. The van der Waals surface area contributed by atoms with Crippen LogP contribution in [0.2, 0.25) is 0 Å². The molecule has 3 rings (SSSR count). The highest BCUT2D eigenvalue weighted by molar-refractivity contribution is 5.92. The van der Waals surface area contributed by atoms with Crippen molar-refractivity contribution in [3.05, 3.63) is 39.9 Å². The molecule has 0 bridgehead atoms. The van der Waals surface area contributed by atoms with Crippen LogP contribution in [0, 0.1) is 0 Å². The highest BCUT2D eigenvalue weighted by Gasteiger charge is 2.24. The molecule has 0 aromatic carbocycles. The summed E-state index contributed by atoms with van der Waals surface area (Å²) in [4.78, 5) is 32.2. The molecule has 0 saturated carbocycles. The Balaban J connectivity index is 1.56. The van der Waals surface area contributed by atoms with Gasteiger partial charge in [0.15, 0.2) is 5.82 Å². The number of rotatable bonds is 4. The molecule has 0 aliphatic carbocycles. The Kier molecular flexibility index (Phi) is 4.93. The third kappa shape index (κ3) is 3.93. The first kappa shape index (κ1) is 17.3. The van der Waals surface area contributed by atoms with Gasteiger partial charge in [-0.25, -0.2) is 4.68 Å². The Morgan fingerprint density at radius 1 is 1.24 bits per heavy atom. The monoisotopic (exact) mass is 346 g/mol. The average Bonchev–Trinajstić information content (AvgIpc) is 3.06. The van der Waals surface area contributed by atoms with E-state index in [0.29, 0.717) is 31.3 Å². The molecule has 134 valence electrons. The van der Waals surface area contributed by atoms with Crippen LogP contribution in [0.1, 0.15) is 42.0 Å². The molecule has 0 N–H and O–H groups in total. The first-order chi connectivity index (χ1) is 11.9. The minimum absolute atomic E-state index is 0.157. The van der Waals surface area contributed by atoms with Gasteiger partial charge in [-0.15, -0.1) is 0 Å². The molecule has 9 heteroatoms. The van der Waals surface area contributed by atoms with Gasteiger partial charge in [-0.3, -0.25) is 14.5 Å². The van der Waals surface area contributed by atoms with Crippen LogP contribution < -0.4 is 5.56 Å². The van der Waals surface area contributed by atoms with Crippen LogP contribution >= 0.6 is 0 Å². The van der Waals surface area contributed by atoms with Gasteiger partial charge in [-0.2, -0.15) is 10.1 Å². The van der Waals surface area contributed by atoms with Crippen molar-refractivity contribution in [1.82, 2.24) is 29.7 Å². The van der Waals surface area contributed by atoms with Crippen molar-refractivity contribution in [3.8, 4) is 0 Å². The van der Waals surface area contributed by atoms with E-state index in [1.54, 1.807) is 4.90 Å². The second-order valence-corrected chi connectivity index (χ2v) is 6.45. The van der Waals surface area contributed by atoms with Crippen LogP contribution in [0.25, 0.3) is 0 Å². The maximum Gasteiger partial charge on any atom is 0.274 e. The summed E-state index contributed by atoms with van der Waals surface area (Å²) in [5.74, 6) is 1.39. The van der Waals surface area contributed by atoms with Gasteiger partial charge in [-0.1, -0.05) is 19.0 Å². The van der Waals surface area contributed by atoms with E-state index in [9.17, 15) is 9.59 Å². The van der Waals surface area contributed by atoms with Gasteiger partial charge >= 0.3 is 0 Å². The number of aromatic nitrogens is 4. The molecular weight excluding hydrogens is 324 g/mol. The van der Waals surface area contributed by atoms with E-state index in [2.05, 4.69) is 20.1 Å². The Morgan fingerprint density at radius 3 is 2.56 bits per heavy atom. The van der Waals surface area contributed by atoms with Crippen LogP contribution in [-0.2, 0) is 13.6 Å². The van der Waals surface area contributed by atoms with Crippen LogP contribution in [0.15, 0.2) is 21.5 Å². The minimum Gasteiger partial charge on any atom is -0.338 e. The summed E-state index contributed by atoms with van der Waals surface area (Å²) in [6.07, 6.45) is 0. The quantitative estimate of drug-likeness (QED) is 0.782. The zero-order valence-electron chi connectivity index (χ0n) is 14.7. The largest absolute Gasteiger partial charge is 0.338 e. The van der Waals surface area contributed by atoms with Gasteiger partial charge in [-0.05, 0) is 6.07 Å². The highest BCUT2D eigenvalue weighted by Crippen LogP contribution is 2.13. The van der Waals surface area contributed by atoms with Crippen molar-refractivity contribution in [2.75, 3.05) is 26.2 Å². The summed E-state index contributed by atoms with van der Waals surface area (Å²) in [6.45, 7) is 7.25. The van der Waals surface area contributed by atoms with Gasteiger partial charge < -0.3 is 9.42 Å². The Morgan fingerprint density at radius 2 is 1.96 bits per heavy atom. The van der Waals surface area contributed by atoms with E-state index in [-0.39, 0.29) is 23.1 Å². The zero-order valence-corrected chi connectivity index (χ0v) is 14.7. The molecule has 2 aromatic heterocycles. The maximum absolute atomic E-state index is 12.5. The van der Waals surface area contributed by atoms with Gasteiger partial charge in [0.2, 0.25) is 5.89 Å². The molecule has 1 aliphatic heterocycles. The molecule has 3 heterocycles. The Labute approximate surface area is 145 Å². The molecule has 1 fully saturated rings.